The first-order valence-electron chi connectivity index (χ1n) is 8.46. The summed E-state index contributed by atoms with van der Waals surface area (Å²) >= 11 is 0. The van der Waals surface area contributed by atoms with Gasteiger partial charge in [0, 0.05) is 43.2 Å². The van der Waals surface area contributed by atoms with Crippen LogP contribution in [0.25, 0.3) is 5.57 Å². The third kappa shape index (κ3) is 3.60. The van der Waals surface area contributed by atoms with Gasteiger partial charge in [-0.15, -0.1) is 0 Å². The summed E-state index contributed by atoms with van der Waals surface area (Å²) in [6.07, 6.45) is 6.48. The number of anilines is 1. The average molecular weight is 323 g/mol. The van der Waals surface area contributed by atoms with Gasteiger partial charge in [0.2, 0.25) is 5.91 Å². The van der Waals surface area contributed by atoms with Gasteiger partial charge < -0.3 is 14.8 Å². The Hall–Kier alpha value is -2.33. The van der Waals surface area contributed by atoms with Gasteiger partial charge in [0.25, 0.3) is 0 Å². The van der Waals surface area contributed by atoms with Crippen molar-refractivity contribution in [3.8, 4) is 0 Å². The Bertz CT molecular complexity index is 771. The number of carbonyl (C=O) groups excluding carboxylic acids is 1. The quantitative estimate of drug-likeness (QED) is 0.936. The predicted octanol–water partition coefficient (Wildman–Crippen LogP) is 3.39. The van der Waals surface area contributed by atoms with Crippen LogP contribution in [0.5, 0.6) is 0 Å². The molecule has 4 heteroatoms. The van der Waals surface area contributed by atoms with Gasteiger partial charge in [0.15, 0.2) is 0 Å². The zero-order valence-electron chi connectivity index (χ0n) is 14.7. The highest BCUT2D eigenvalue weighted by molar-refractivity contribution is 5.90. The lowest BCUT2D eigenvalue weighted by atomic mass is 9.95. The second-order valence-corrected chi connectivity index (χ2v) is 6.60. The third-order valence-corrected chi connectivity index (χ3v) is 4.37. The van der Waals surface area contributed by atoms with Crippen molar-refractivity contribution < 1.29 is 4.79 Å². The van der Waals surface area contributed by atoms with Gasteiger partial charge in [-0.25, -0.2) is 0 Å². The van der Waals surface area contributed by atoms with Gasteiger partial charge >= 0.3 is 0 Å². The number of amides is 1. The number of rotatable bonds is 4. The number of nitrogens with one attached hydrogen (secondary N) is 1. The normalized spacial score (nSPS) is 15.1. The van der Waals surface area contributed by atoms with E-state index in [2.05, 4.69) is 65.4 Å². The number of hydrogen-bond donors (Lipinski definition) is 1. The van der Waals surface area contributed by atoms with E-state index in [1.165, 1.54) is 22.4 Å². The SMILES string of the molecule is CC(=O)Nc1ccc2c(c1)/C(=C\CCN(C)C)c1cccn1CC2. The molecular formula is C20H25N3O. The van der Waals surface area contributed by atoms with Crippen molar-refractivity contribution in [2.45, 2.75) is 26.3 Å². The number of fused-ring (bicyclic) bond motifs is 2. The Balaban J connectivity index is 2.04. The maximum Gasteiger partial charge on any atom is 0.221 e. The van der Waals surface area contributed by atoms with E-state index in [9.17, 15) is 4.79 Å². The van der Waals surface area contributed by atoms with E-state index in [-0.39, 0.29) is 5.91 Å². The zero-order chi connectivity index (χ0) is 17.1. The summed E-state index contributed by atoms with van der Waals surface area (Å²) in [7, 11) is 4.19. The lowest BCUT2D eigenvalue weighted by Gasteiger charge is -2.14. The fraction of sp³-hybridized carbons (Fsp3) is 0.350. The van der Waals surface area contributed by atoms with Crippen LogP contribution in [0.4, 0.5) is 5.69 Å². The summed E-state index contributed by atoms with van der Waals surface area (Å²) in [5.74, 6) is -0.0370. The van der Waals surface area contributed by atoms with E-state index in [4.69, 9.17) is 0 Å². The maximum atomic E-state index is 11.4. The standard InChI is InChI=1S/C20H25N3O/c1-15(24)21-17-9-8-16-10-13-23-12-5-7-20(23)18(19(16)14-17)6-4-11-22(2)3/h5-9,12,14H,4,10-11,13H2,1-3H3,(H,21,24)/b18-6+. The first kappa shape index (κ1) is 16.5. The lowest BCUT2D eigenvalue weighted by Crippen LogP contribution is -2.12. The van der Waals surface area contributed by atoms with Crippen LogP contribution in [-0.2, 0) is 17.8 Å². The number of carbonyl (C=O) groups is 1. The Morgan fingerprint density at radius 1 is 1.33 bits per heavy atom. The molecule has 1 aliphatic rings. The second kappa shape index (κ2) is 7.05. The summed E-state index contributed by atoms with van der Waals surface area (Å²) in [5, 5.41) is 2.91. The Labute approximate surface area is 143 Å². The highest BCUT2D eigenvalue weighted by atomic mass is 16.1. The van der Waals surface area contributed by atoms with Gasteiger partial charge in [0.1, 0.15) is 0 Å². The smallest absolute Gasteiger partial charge is 0.221 e. The van der Waals surface area contributed by atoms with Crippen molar-refractivity contribution in [2.24, 2.45) is 0 Å². The lowest BCUT2D eigenvalue weighted by molar-refractivity contribution is -0.114. The Morgan fingerprint density at radius 2 is 2.17 bits per heavy atom. The summed E-state index contributed by atoms with van der Waals surface area (Å²) in [6, 6.07) is 10.5. The minimum Gasteiger partial charge on any atom is -0.347 e. The first-order valence-corrected chi connectivity index (χ1v) is 8.46. The molecule has 0 unspecified atom stereocenters. The van der Waals surface area contributed by atoms with E-state index in [1.54, 1.807) is 6.92 Å². The van der Waals surface area contributed by atoms with Crippen molar-refractivity contribution in [1.29, 1.82) is 0 Å². The summed E-state index contributed by atoms with van der Waals surface area (Å²) in [5.41, 5.74) is 5.95. The molecule has 0 radical (unpaired) electrons. The molecule has 1 aromatic heterocycles. The maximum absolute atomic E-state index is 11.4. The molecule has 3 rings (SSSR count). The molecule has 4 nitrogen and oxygen atoms in total. The Morgan fingerprint density at radius 3 is 2.92 bits per heavy atom. The minimum atomic E-state index is -0.0370. The molecule has 2 aromatic rings. The van der Waals surface area contributed by atoms with Crippen LogP contribution < -0.4 is 5.32 Å². The van der Waals surface area contributed by atoms with Gasteiger partial charge in [0.05, 0.1) is 0 Å². The fourth-order valence-electron chi connectivity index (χ4n) is 3.24. The summed E-state index contributed by atoms with van der Waals surface area (Å²) in [4.78, 5) is 13.6. The van der Waals surface area contributed by atoms with E-state index >= 15 is 0 Å². The minimum absolute atomic E-state index is 0.0370. The largest absolute Gasteiger partial charge is 0.347 e. The molecule has 0 aliphatic carbocycles. The van der Waals surface area contributed by atoms with Crippen LogP contribution in [0.1, 0.15) is 30.2 Å². The predicted molar refractivity (Wildman–Crippen MR) is 99.1 cm³/mol. The van der Waals surface area contributed by atoms with E-state index < -0.39 is 0 Å². The summed E-state index contributed by atoms with van der Waals surface area (Å²) in [6.45, 7) is 3.55. The zero-order valence-corrected chi connectivity index (χ0v) is 14.7. The molecule has 0 saturated carbocycles. The van der Waals surface area contributed by atoms with Crippen molar-refractivity contribution in [3.05, 3.63) is 59.4 Å². The fourth-order valence-corrected chi connectivity index (χ4v) is 3.24. The molecule has 24 heavy (non-hydrogen) atoms. The van der Waals surface area contributed by atoms with Crippen LogP contribution in [0.3, 0.4) is 0 Å². The van der Waals surface area contributed by atoms with Gasteiger partial charge in [-0.3, -0.25) is 4.79 Å². The topological polar surface area (TPSA) is 37.3 Å². The van der Waals surface area contributed by atoms with Crippen LogP contribution in [0, 0.1) is 0 Å². The molecule has 0 spiro atoms. The van der Waals surface area contributed by atoms with Crippen molar-refractivity contribution in [3.63, 3.8) is 0 Å². The van der Waals surface area contributed by atoms with Crippen molar-refractivity contribution in [1.82, 2.24) is 9.47 Å². The molecule has 0 atom stereocenters. The summed E-state index contributed by atoms with van der Waals surface area (Å²) < 4.78 is 2.32. The van der Waals surface area contributed by atoms with Gasteiger partial charge in [-0.1, -0.05) is 12.1 Å². The number of hydrogen-bond acceptors (Lipinski definition) is 2. The van der Waals surface area contributed by atoms with Crippen molar-refractivity contribution >= 4 is 17.2 Å². The molecule has 0 fully saturated rings. The molecule has 1 amide bonds. The van der Waals surface area contributed by atoms with Crippen LogP contribution in [0.2, 0.25) is 0 Å². The average Bonchev–Trinajstić information content (AvgIpc) is 2.92. The molecule has 1 aliphatic heterocycles. The molecule has 0 bridgehead atoms. The number of nitrogens with zero attached hydrogens (tertiary/aromatic N) is 2. The molecule has 2 heterocycles. The highest BCUT2D eigenvalue weighted by Gasteiger charge is 2.18. The van der Waals surface area contributed by atoms with Crippen LogP contribution in [0.15, 0.2) is 42.6 Å². The van der Waals surface area contributed by atoms with Crippen LogP contribution >= 0.6 is 0 Å². The number of benzene rings is 1. The third-order valence-electron chi connectivity index (χ3n) is 4.37. The van der Waals surface area contributed by atoms with E-state index in [1.807, 2.05) is 6.07 Å². The molecule has 0 saturated heterocycles. The Kier molecular flexibility index (Phi) is 4.86. The second-order valence-electron chi connectivity index (χ2n) is 6.60. The molecule has 1 aromatic carbocycles. The molecule has 1 N–H and O–H groups in total. The molecular weight excluding hydrogens is 298 g/mol. The number of aryl methyl sites for hydroxylation is 2. The first-order chi connectivity index (χ1) is 11.5. The van der Waals surface area contributed by atoms with E-state index in [0.717, 1.165) is 31.6 Å². The van der Waals surface area contributed by atoms with Crippen molar-refractivity contribution in [2.75, 3.05) is 26.0 Å². The number of aromatic nitrogens is 1. The van der Waals surface area contributed by atoms with E-state index in [0.29, 0.717) is 0 Å². The highest BCUT2D eigenvalue weighted by Crippen LogP contribution is 2.33. The van der Waals surface area contributed by atoms with Gasteiger partial charge in [-0.05, 0) is 62.3 Å². The van der Waals surface area contributed by atoms with Crippen LogP contribution in [-0.4, -0.2) is 36.0 Å². The monoisotopic (exact) mass is 323 g/mol. The van der Waals surface area contributed by atoms with Gasteiger partial charge in [-0.2, -0.15) is 0 Å². The molecule has 126 valence electrons.